The van der Waals surface area contributed by atoms with Crippen LogP contribution in [0.5, 0.6) is 0 Å². The van der Waals surface area contributed by atoms with Crippen LogP contribution in [0.25, 0.3) is 0 Å². The molecule has 1 fully saturated rings. The van der Waals surface area contributed by atoms with Crippen molar-refractivity contribution >= 4 is 34.0 Å². The molecule has 28 heavy (non-hydrogen) atoms. The number of H-pyrrole nitrogens is 1. The Balaban J connectivity index is 1.64. The monoisotopic (exact) mass is 430 g/mol. The SMILES string of the molecule is CCc1[nH]c(C(=O)N[C@@H]2CCN(c3nnc(C(O)CO)s3)C[C@@H]2OC)nc1Cl. The maximum atomic E-state index is 12.5. The number of amides is 1. The van der Waals surface area contributed by atoms with Gasteiger partial charge in [-0.15, -0.1) is 10.2 Å². The predicted molar refractivity (Wildman–Crippen MR) is 104 cm³/mol. The lowest BCUT2D eigenvalue weighted by Crippen LogP contribution is -2.55. The third-order valence-electron chi connectivity index (χ3n) is 4.63. The smallest absolute Gasteiger partial charge is 0.287 e. The molecule has 10 nitrogen and oxygen atoms in total. The number of carbonyl (C=O) groups is 1. The van der Waals surface area contributed by atoms with Gasteiger partial charge in [-0.25, -0.2) is 4.98 Å². The molecule has 0 saturated carbocycles. The highest BCUT2D eigenvalue weighted by Crippen LogP contribution is 2.28. The third kappa shape index (κ3) is 4.44. The molecule has 1 aliphatic rings. The maximum absolute atomic E-state index is 12.5. The number of aromatic nitrogens is 4. The average Bonchev–Trinajstić information content (AvgIpc) is 3.34. The van der Waals surface area contributed by atoms with E-state index in [9.17, 15) is 9.90 Å². The standard InChI is InChI=1S/C16H23ClN6O4S/c1-3-8-12(17)20-13(18-8)14(26)19-9-4-5-23(6-11(9)27-2)16-22-21-15(28-16)10(25)7-24/h9-11,24-25H,3-7H2,1-2H3,(H,18,20)(H,19,26)/t9-,10?,11+/m1/s1. The highest BCUT2D eigenvalue weighted by atomic mass is 35.5. The summed E-state index contributed by atoms with van der Waals surface area (Å²) in [6.07, 6.45) is 0.00222. The van der Waals surface area contributed by atoms with Gasteiger partial charge < -0.3 is 30.2 Å². The molecule has 2 aromatic rings. The lowest BCUT2D eigenvalue weighted by Gasteiger charge is -2.37. The van der Waals surface area contributed by atoms with Crippen molar-refractivity contribution in [3.05, 3.63) is 21.7 Å². The Morgan fingerprint density at radius 3 is 2.96 bits per heavy atom. The van der Waals surface area contributed by atoms with Crippen LogP contribution < -0.4 is 10.2 Å². The fourth-order valence-electron chi connectivity index (χ4n) is 3.03. The Kier molecular flexibility index (Phi) is 6.83. The Morgan fingerprint density at radius 1 is 1.54 bits per heavy atom. The number of nitrogens with zero attached hydrogens (tertiary/aromatic N) is 4. The second kappa shape index (κ2) is 9.14. The van der Waals surface area contributed by atoms with Crippen LogP contribution in [-0.4, -0.2) is 75.2 Å². The number of aromatic amines is 1. The summed E-state index contributed by atoms with van der Waals surface area (Å²) in [5.74, 6) is -0.141. The first kappa shape index (κ1) is 20.9. The zero-order valence-electron chi connectivity index (χ0n) is 15.6. The van der Waals surface area contributed by atoms with Gasteiger partial charge in [0, 0.05) is 20.2 Å². The van der Waals surface area contributed by atoms with Gasteiger partial charge >= 0.3 is 0 Å². The van der Waals surface area contributed by atoms with Crippen LogP contribution >= 0.6 is 22.9 Å². The van der Waals surface area contributed by atoms with Crippen LogP contribution in [-0.2, 0) is 11.2 Å². The molecular weight excluding hydrogens is 408 g/mol. The third-order valence-corrected chi connectivity index (χ3v) is 6.03. The van der Waals surface area contributed by atoms with Crippen LogP contribution in [0.3, 0.4) is 0 Å². The number of imidazole rings is 1. The first-order chi connectivity index (χ1) is 13.5. The molecule has 4 N–H and O–H groups in total. The summed E-state index contributed by atoms with van der Waals surface area (Å²) >= 11 is 7.24. The molecule has 0 aromatic carbocycles. The van der Waals surface area contributed by atoms with Crippen LogP contribution in [0, 0.1) is 0 Å². The van der Waals surface area contributed by atoms with Gasteiger partial charge in [-0.2, -0.15) is 0 Å². The zero-order valence-corrected chi connectivity index (χ0v) is 17.1. The molecule has 3 atom stereocenters. The predicted octanol–water partition coefficient (Wildman–Crippen LogP) is 0.526. The van der Waals surface area contributed by atoms with Gasteiger partial charge in [0.15, 0.2) is 11.0 Å². The Bertz CT molecular complexity index is 815. The molecule has 12 heteroatoms. The Hall–Kier alpha value is -1.79. The van der Waals surface area contributed by atoms with Gasteiger partial charge in [-0.3, -0.25) is 4.79 Å². The average molecular weight is 431 g/mol. The summed E-state index contributed by atoms with van der Waals surface area (Å²) in [5, 5.41) is 31.0. The zero-order chi connectivity index (χ0) is 20.3. The second-order valence-corrected chi connectivity index (χ2v) is 7.76. The molecule has 2 aromatic heterocycles. The van der Waals surface area contributed by atoms with E-state index in [4.69, 9.17) is 21.4 Å². The number of hydrogen-bond acceptors (Lipinski definition) is 9. The largest absolute Gasteiger partial charge is 0.393 e. The van der Waals surface area contributed by atoms with Gasteiger partial charge in [-0.1, -0.05) is 29.9 Å². The number of rotatable bonds is 7. The molecule has 0 spiro atoms. The first-order valence-electron chi connectivity index (χ1n) is 8.92. The lowest BCUT2D eigenvalue weighted by molar-refractivity contribution is 0.0538. The van der Waals surface area contributed by atoms with E-state index in [-0.39, 0.29) is 23.9 Å². The van der Waals surface area contributed by atoms with Gasteiger partial charge in [0.1, 0.15) is 11.1 Å². The van der Waals surface area contributed by atoms with Crippen molar-refractivity contribution in [2.24, 2.45) is 0 Å². The maximum Gasteiger partial charge on any atom is 0.287 e. The summed E-state index contributed by atoms with van der Waals surface area (Å²) in [7, 11) is 1.59. The Labute approximate surface area is 170 Å². The van der Waals surface area contributed by atoms with Crippen LogP contribution in [0.1, 0.15) is 40.8 Å². The van der Waals surface area contributed by atoms with Crippen molar-refractivity contribution in [3.8, 4) is 0 Å². The number of nitrogens with one attached hydrogen (secondary N) is 2. The Morgan fingerprint density at radius 2 is 2.32 bits per heavy atom. The quantitative estimate of drug-likeness (QED) is 0.499. The van der Waals surface area contributed by atoms with Gasteiger partial charge in [0.2, 0.25) is 5.13 Å². The summed E-state index contributed by atoms with van der Waals surface area (Å²) in [6, 6.07) is -0.196. The van der Waals surface area contributed by atoms with Crippen molar-refractivity contribution < 1.29 is 19.7 Å². The van der Waals surface area contributed by atoms with Crippen molar-refractivity contribution in [1.29, 1.82) is 0 Å². The number of piperidine rings is 1. The second-order valence-electron chi connectivity index (χ2n) is 6.42. The molecule has 154 valence electrons. The minimum atomic E-state index is -1.03. The lowest BCUT2D eigenvalue weighted by atomic mass is 10.0. The summed E-state index contributed by atoms with van der Waals surface area (Å²) in [4.78, 5) is 21.5. The fraction of sp³-hybridized carbons (Fsp3) is 0.625. The van der Waals surface area contributed by atoms with Crippen molar-refractivity contribution in [3.63, 3.8) is 0 Å². The van der Waals surface area contributed by atoms with Gasteiger partial charge in [-0.05, 0) is 12.8 Å². The molecule has 1 unspecified atom stereocenters. The number of aliphatic hydroxyl groups is 2. The van der Waals surface area contributed by atoms with Crippen LogP contribution in [0.2, 0.25) is 5.15 Å². The number of methoxy groups -OCH3 is 1. The number of hydrogen-bond donors (Lipinski definition) is 4. The van der Waals surface area contributed by atoms with E-state index in [1.165, 1.54) is 11.3 Å². The summed E-state index contributed by atoms with van der Waals surface area (Å²) in [6.45, 7) is 2.66. The van der Waals surface area contributed by atoms with Crippen molar-refractivity contribution in [2.75, 3.05) is 31.7 Å². The topological polar surface area (TPSA) is 136 Å². The van der Waals surface area contributed by atoms with E-state index in [0.29, 0.717) is 41.2 Å². The molecular formula is C16H23ClN6O4S. The number of anilines is 1. The summed E-state index contributed by atoms with van der Waals surface area (Å²) in [5.41, 5.74) is 0.724. The van der Waals surface area contributed by atoms with E-state index in [1.807, 2.05) is 11.8 Å². The first-order valence-corrected chi connectivity index (χ1v) is 10.1. The molecule has 1 amide bonds. The normalized spacial score (nSPS) is 21.0. The van der Waals surface area contributed by atoms with Crippen LogP contribution in [0.15, 0.2) is 0 Å². The highest BCUT2D eigenvalue weighted by molar-refractivity contribution is 7.15. The molecule has 3 rings (SSSR count). The molecule has 1 saturated heterocycles. The van der Waals surface area contributed by atoms with E-state index in [2.05, 4.69) is 25.5 Å². The van der Waals surface area contributed by atoms with Crippen LogP contribution in [0.4, 0.5) is 5.13 Å². The van der Waals surface area contributed by atoms with E-state index in [0.717, 1.165) is 5.69 Å². The van der Waals surface area contributed by atoms with Crippen molar-refractivity contribution in [2.45, 2.75) is 38.0 Å². The fourth-order valence-corrected chi connectivity index (χ4v) is 4.15. The molecule has 3 heterocycles. The number of aliphatic hydroxyl groups excluding tert-OH is 2. The van der Waals surface area contributed by atoms with E-state index >= 15 is 0 Å². The van der Waals surface area contributed by atoms with E-state index in [1.54, 1.807) is 7.11 Å². The van der Waals surface area contributed by atoms with E-state index < -0.39 is 12.7 Å². The number of carbonyl (C=O) groups excluding carboxylic acids is 1. The number of halogens is 1. The molecule has 0 aliphatic carbocycles. The van der Waals surface area contributed by atoms with Crippen molar-refractivity contribution in [1.82, 2.24) is 25.5 Å². The summed E-state index contributed by atoms with van der Waals surface area (Å²) < 4.78 is 5.57. The molecule has 0 bridgehead atoms. The van der Waals surface area contributed by atoms with Gasteiger partial charge in [0.25, 0.3) is 5.91 Å². The minimum absolute atomic E-state index is 0.186. The molecule has 1 aliphatic heterocycles. The van der Waals surface area contributed by atoms with Gasteiger partial charge in [0.05, 0.1) is 24.4 Å². The molecule has 0 radical (unpaired) electrons. The number of ether oxygens (including phenoxy) is 1. The highest BCUT2D eigenvalue weighted by Gasteiger charge is 2.33. The minimum Gasteiger partial charge on any atom is -0.393 e. The number of aryl methyl sites for hydroxylation is 1.